The molecule has 2 atom stereocenters. The SMILES string of the molecule is O=C(c1ccc(C(F)(F)F)cn1)[C@]12Cc3cnn(-c4ccc(F)cc4)c3C=C1CC[C@H](N(C1CC1)S(=O)(=O)c1ccc(F)cc1)C2. The molecule has 0 bridgehead atoms. The van der Waals surface area contributed by atoms with Crippen molar-refractivity contribution in [2.75, 3.05) is 0 Å². The van der Waals surface area contributed by atoms with Crippen molar-refractivity contribution in [2.45, 2.75) is 61.7 Å². The molecule has 4 aromatic rings. The highest BCUT2D eigenvalue weighted by atomic mass is 32.2. The molecule has 3 aliphatic rings. The summed E-state index contributed by atoms with van der Waals surface area (Å²) in [4.78, 5) is 18.4. The molecule has 7 nitrogen and oxygen atoms in total. The molecule has 2 aromatic carbocycles. The number of alkyl halides is 3. The van der Waals surface area contributed by atoms with Crippen molar-refractivity contribution in [3.05, 3.63) is 113 Å². The van der Waals surface area contributed by atoms with E-state index in [2.05, 4.69) is 10.1 Å². The molecule has 3 aliphatic carbocycles. The van der Waals surface area contributed by atoms with Crippen molar-refractivity contribution in [3.63, 3.8) is 0 Å². The van der Waals surface area contributed by atoms with Crippen molar-refractivity contribution in [3.8, 4) is 5.69 Å². The summed E-state index contributed by atoms with van der Waals surface area (Å²) in [6.07, 6.45) is 1.59. The van der Waals surface area contributed by atoms with Gasteiger partial charge in [0.1, 0.15) is 17.3 Å². The number of rotatable bonds is 7. The van der Waals surface area contributed by atoms with Gasteiger partial charge in [-0.25, -0.2) is 21.9 Å². The van der Waals surface area contributed by atoms with E-state index in [0.29, 0.717) is 54.4 Å². The molecular weight excluding hydrogens is 627 g/mol. The van der Waals surface area contributed by atoms with E-state index < -0.39 is 50.6 Å². The highest BCUT2D eigenvalue weighted by Gasteiger charge is 2.54. The Bertz CT molecular complexity index is 1950. The fourth-order valence-corrected chi connectivity index (χ4v) is 8.68. The highest BCUT2D eigenvalue weighted by molar-refractivity contribution is 7.89. The Kier molecular flexibility index (Phi) is 7.24. The first-order valence-corrected chi connectivity index (χ1v) is 16.2. The van der Waals surface area contributed by atoms with Crippen LogP contribution in [0.15, 0.2) is 83.5 Å². The molecule has 2 aromatic heterocycles. The van der Waals surface area contributed by atoms with E-state index in [4.69, 9.17) is 0 Å². The van der Waals surface area contributed by atoms with Crippen LogP contribution >= 0.6 is 0 Å². The summed E-state index contributed by atoms with van der Waals surface area (Å²) >= 11 is 0. The van der Waals surface area contributed by atoms with E-state index in [1.807, 2.05) is 6.08 Å². The lowest BCUT2D eigenvalue weighted by Crippen LogP contribution is -2.51. The predicted octanol–water partition coefficient (Wildman–Crippen LogP) is 6.78. The van der Waals surface area contributed by atoms with Crippen LogP contribution in [-0.2, 0) is 22.6 Å². The van der Waals surface area contributed by atoms with Crippen LogP contribution in [0.25, 0.3) is 11.8 Å². The Morgan fingerprint density at radius 3 is 2.17 bits per heavy atom. The number of sulfonamides is 1. The molecule has 0 amide bonds. The summed E-state index contributed by atoms with van der Waals surface area (Å²) < 4.78 is 98.3. The van der Waals surface area contributed by atoms with Gasteiger partial charge in [-0.2, -0.15) is 22.6 Å². The Hall–Kier alpha value is -4.23. The fourth-order valence-electron chi connectivity index (χ4n) is 6.78. The second kappa shape index (κ2) is 10.9. The number of fused-ring (bicyclic) bond motifs is 2. The minimum Gasteiger partial charge on any atom is -0.291 e. The van der Waals surface area contributed by atoms with Crippen LogP contribution in [-0.4, -0.2) is 45.4 Å². The summed E-state index contributed by atoms with van der Waals surface area (Å²) in [6.45, 7) is 0. The number of pyridine rings is 1. The molecule has 2 fully saturated rings. The zero-order valence-electron chi connectivity index (χ0n) is 24.2. The number of nitrogens with zero attached hydrogens (tertiary/aromatic N) is 4. The Morgan fingerprint density at radius 2 is 1.57 bits per heavy atom. The number of carbonyl (C=O) groups is 1. The van der Waals surface area contributed by atoms with Crippen molar-refractivity contribution in [2.24, 2.45) is 5.41 Å². The first-order valence-electron chi connectivity index (χ1n) is 14.8. The Labute approximate surface area is 261 Å². The van der Waals surface area contributed by atoms with Crippen LogP contribution in [0.2, 0.25) is 0 Å². The van der Waals surface area contributed by atoms with Gasteiger partial charge in [0.05, 0.1) is 33.5 Å². The molecule has 2 heterocycles. The lowest BCUT2D eigenvalue weighted by atomic mass is 9.60. The lowest BCUT2D eigenvalue weighted by molar-refractivity contribution is -0.137. The van der Waals surface area contributed by atoms with Crippen LogP contribution in [0.3, 0.4) is 0 Å². The minimum atomic E-state index is -4.64. The molecule has 0 saturated heterocycles. The number of carbonyl (C=O) groups excluding carboxylic acids is 1. The van der Waals surface area contributed by atoms with Crippen LogP contribution < -0.4 is 0 Å². The quantitative estimate of drug-likeness (QED) is 0.162. The number of halogens is 5. The van der Waals surface area contributed by atoms with E-state index in [9.17, 15) is 35.2 Å². The van der Waals surface area contributed by atoms with E-state index in [0.717, 1.165) is 24.3 Å². The number of ketones is 1. The highest BCUT2D eigenvalue weighted by Crippen LogP contribution is 2.52. The van der Waals surface area contributed by atoms with Crippen LogP contribution in [0.1, 0.15) is 59.4 Å². The second-order valence-electron chi connectivity index (χ2n) is 12.0. The number of aromatic nitrogens is 3. The third kappa shape index (κ3) is 5.24. The summed E-state index contributed by atoms with van der Waals surface area (Å²) in [5.41, 5.74) is 0.188. The van der Waals surface area contributed by atoms with Gasteiger partial charge in [-0.3, -0.25) is 9.78 Å². The smallest absolute Gasteiger partial charge is 0.291 e. The molecule has 2 saturated carbocycles. The third-order valence-electron chi connectivity index (χ3n) is 9.12. The Morgan fingerprint density at radius 1 is 0.891 bits per heavy atom. The van der Waals surface area contributed by atoms with Gasteiger partial charge in [0.2, 0.25) is 10.0 Å². The average molecular weight is 655 g/mol. The largest absolute Gasteiger partial charge is 0.417 e. The zero-order chi connectivity index (χ0) is 32.4. The maximum absolute atomic E-state index is 14.5. The van der Waals surface area contributed by atoms with Crippen molar-refractivity contribution < 1.29 is 35.2 Å². The normalized spacial score (nSPS) is 21.4. The summed E-state index contributed by atoms with van der Waals surface area (Å²) in [7, 11) is -4.08. The van der Waals surface area contributed by atoms with Gasteiger partial charge < -0.3 is 0 Å². The van der Waals surface area contributed by atoms with Gasteiger partial charge in [0.25, 0.3) is 0 Å². The van der Waals surface area contributed by atoms with E-state index in [1.165, 1.54) is 28.6 Å². The molecular formula is C33H27F5N4O3S. The van der Waals surface area contributed by atoms with Gasteiger partial charge in [-0.05, 0) is 111 Å². The van der Waals surface area contributed by atoms with Crippen molar-refractivity contribution >= 4 is 21.9 Å². The molecule has 46 heavy (non-hydrogen) atoms. The lowest BCUT2D eigenvalue weighted by Gasteiger charge is -2.46. The van der Waals surface area contributed by atoms with E-state index in [-0.39, 0.29) is 29.5 Å². The molecule has 238 valence electrons. The van der Waals surface area contributed by atoms with Gasteiger partial charge in [0.15, 0.2) is 5.78 Å². The van der Waals surface area contributed by atoms with Gasteiger partial charge in [0, 0.05) is 18.3 Å². The maximum atomic E-state index is 14.5. The number of hydrogen-bond donors (Lipinski definition) is 0. The zero-order valence-corrected chi connectivity index (χ0v) is 25.0. The second-order valence-corrected chi connectivity index (χ2v) is 13.9. The minimum absolute atomic E-state index is 0.0570. The molecule has 0 aliphatic heterocycles. The van der Waals surface area contributed by atoms with E-state index in [1.54, 1.807) is 23.0 Å². The number of benzene rings is 2. The van der Waals surface area contributed by atoms with Crippen molar-refractivity contribution in [1.29, 1.82) is 0 Å². The molecule has 0 spiro atoms. The van der Waals surface area contributed by atoms with Crippen LogP contribution in [0.4, 0.5) is 22.0 Å². The van der Waals surface area contributed by atoms with Crippen LogP contribution in [0, 0.1) is 17.0 Å². The standard InChI is InChI=1S/C33H27F5N4O3S/c34-23-3-8-25(9-4-23)41-30-15-21-1-7-27(42(26-10-11-26)46(44,45)28-12-5-24(35)6-13-28)17-32(21,16-20(30)18-40-41)31(43)29-14-2-22(19-39-29)33(36,37)38/h2-6,8-9,12-15,18-19,26-27H,1,7,10-11,16-17H2/t27-,32-/m0/s1. The Balaban J connectivity index is 1.31. The maximum Gasteiger partial charge on any atom is 0.417 e. The van der Waals surface area contributed by atoms with Gasteiger partial charge in [-0.1, -0.05) is 5.57 Å². The summed E-state index contributed by atoms with van der Waals surface area (Å²) in [5.74, 6) is -1.49. The van der Waals surface area contributed by atoms with E-state index >= 15 is 0 Å². The predicted molar refractivity (Wildman–Crippen MR) is 157 cm³/mol. The summed E-state index contributed by atoms with van der Waals surface area (Å²) in [6, 6.07) is 11.3. The molecule has 7 rings (SSSR count). The number of Topliss-reactive ketones (excluding diaryl/α,β-unsaturated/α-hetero) is 1. The number of allylic oxidation sites excluding steroid dienone is 1. The molecule has 0 radical (unpaired) electrons. The molecule has 0 unspecified atom stereocenters. The first-order chi connectivity index (χ1) is 21.9. The average Bonchev–Trinajstić information content (AvgIpc) is 3.78. The monoisotopic (exact) mass is 654 g/mol. The third-order valence-corrected chi connectivity index (χ3v) is 11.1. The molecule has 13 heteroatoms. The van der Waals surface area contributed by atoms with Gasteiger partial charge >= 0.3 is 6.18 Å². The topological polar surface area (TPSA) is 85.2 Å². The fraction of sp³-hybridized carbons (Fsp3) is 0.303. The van der Waals surface area contributed by atoms with Gasteiger partial charge in [-0.15, -0.1) is 0 Å². The van der Waals surface area contributed by atoms with Crippen molar-refractivity contribution in [1.82, 2.24) is 19.1 Å². The molecule has 0 N–H and O–H groups in total. The number of hydrogen-bond acceptors (Lipinski definition) is 5. The first kappa shape index (κ1) is 30.4. The van der Waals surface area contributed by atoms with Crippen LogP contribution in [0.5, 0.6) is 0 Å². The summed E-state index contributed by atoms with van der Waals surface area (Å²) in [5, 5.41) is 4.50.